The van der Waals surface area contributed by atoms with E-state index < -0.39 is 0 Å². The molecule has 0 spiro atoms. The van der Waals surface area contributed by atoms with Crippen molar-refractivity contribution >= 4 is 23.4 Å². The molecule has 3 aromatic rings. The highest BCUT2D eigenvalue weighted by Crippen LogP contribution is 2.25. The number of rotatable bonds is 6. The van der Waals surface area contributed by atoms with Crippen molar-refractivity contribution in [1.29, 1.82) is 0 Å². The molecule has 0 N–H and O–H groups in total. The molecule has 0 radical (unpaired) electrons. The summed E-state index contributed by atoms with van der Waals surface area (Å²) in [7, 11) is 0. The number of aryl methyl sites for hydroxylation is 3. The number of thioether (sulfide) groups is 1. The van der Waals surface area contributed by atoms with Crippen LogP contribution in [0, 0.1) is 20.8 Å². The quantitative estimate of drug-likeness (QED) is 0.515. The van der Waals surface area contributed by atoms with Gasteiger partial charge in [0.25, 0.3) is 0 Å². The third kappa shape index (κ3) is 5.18. The van der Waals surface area contributed by atoms with Crippen LogP contribution in [0.3, 0.4) is 0 Å². The van der Waals surface area contributed by atoms with E-state index in [1.165, 1.54) is 16.8 Å². The van der Waals surface area contributed by atoms with Crippen LogP contribution in [-0.4, -0.2) is 47.2 Å². The van der Waals surface area contributed by atoms with Crippen molar-refractivity contribution in [3.05, 3.63) is 71.1 Å². The predicted molar refractivity (Wildman–Crippen MR) is 132 cm³/mol. The molecule has 0 aliphatic carbocycles. The fourth-order valence-electron chi connectivity index (χ4n) is 4.08. The van der Waals surface area contributed by atoms with Gasteiger partial charge in [-0.15, -0.1) is 11.8 Å². The molecule has 1 aliphatic heterocycles. The highest BCUT2D eigenvalue weighted by molar-refractivity contribution is 7.99. The molecule has 32 heavy (non-hydrogen) atoms. The first kappa shape index (κ1) is 22.5. The third-order valence-corrected chi connectivity index (χ3v) is 6.90. The Labute approximate surface area is 194 Å². The molecule has 0 bridgehead atoms. The second-order valence-corrected chi connectivity index (χ2v) is 9.59. The molecule has 4 rings (SSSR count). The number of benzene rings is 2. The zero-order chi connectivity index (χ0) is 22.7. The van der Waals surface area contributed by atoms with Crippen molar-refractivity contribution in [3.63, 3.8) is 0 Å². The third-order valence-electron chi connectivity index (χ3n) is 5.97. The second-order valence-electron chi connectivity index (χ2n) is 8.60. The Balaban J connectivity index is 1.29. The van der Waals surface area contributed by atoms with E-state index in [0.717, 1.165) is 36.7 Å². The maximum Gasteiger partial charge on any atom is 0.232 e. The van der Waals surface area contributed by atoms with Gasteiger partial charge < -0.3 is 14.2 Å². The minimum Gasteiger partial charge on any atom is -0.441 e. The van der Waals surface area contributed by atoms with Gasteiger partial charge in [-0.1, -0.05) is 29.8 Å². The molecule has 5 nitrogen and oxygen atoms in total. The molecule has 1 atom stereocenters. The number of carbonyl (C=O) groups is 1. The monoisotopic (exact) mass is 449 g/mol. The van der Waals surface area contributed by atoms with E-state index in [-0.39, 0.29) is 5.91 Å². The number of carbonyl (C=O) groups excluding carboxylic acids is 1. The van der Waals surface area contributed by atoms with Crippen LogP contribution in [0.15, 0.2) is 52.9 Å². The normalized spacial score (nSPS) is 16.4. The average molecular weight is 450 g/mol. The molecule has 0 saturated carbocycles. The van der Waals surface area contributed by atoms with Crippen molar-refractivity contribution in [2.75, 3.05) is 30.3 Å². The Morgan fingerprint density at radius 2 is 1.88 bits per heavy atom. The average Bonchev–Trinajstić information content (AvgIpc) is 3.14. The number of hydrogen-bond acceptors (Lipinski definition) is 5. The maximum absolute atomic E-state index is 12.8. The van der Waals surface area contributed by atoms with Crippen LogP contribution in [0.2, 0.25) is 0 Å². The lowest BCUT2D eigenvalue weighted by molar-refractivity contribution is -0.129. The number of nitrogens with zero attached hydrogens (tertiary/aromatic N) is 3. The summed E-state index contributed by atoms with van der Waals surface area (Å²) in [5, 5.41) is 0. The Hall–Kier alpha value is -2.73. The minimum atomic E-state index is 0.200. The van der Waals surface area contributed by atoms with Gasteiger partial charge in [0, 0.05) is 42.7 Å². The van der Waals surface area contributed by atoms with E-state index in [1.807, 2.05) is 24.0 Å². The first-order chi connectivity index (χ1) is 15.4. The van der Waals surface area contributed by atoms with Gasteiger partial charge in [-0.2, -0.15) is 0 Å². The van der Waals surface area contributed by atoms with E-state index in [9.17, 15) is 4.79 Å². The Kier molecular flexibility index (Phi) is 6.89. The summed E-state index contributed by atoms with van der Waals surface area (Å²) < 4.78 is 5.87. The summed E-state index contributed by atoms with van der Waals surface area (Å²) >= 11 is 1.61. The lowest BCUT2D eigenvalue weighted by atomic mass is 10.1. The van der Waals surface area contributed by atoms with Crippen molar-refractivity contribution in [2.45, 2.75) is 39.5 Å². The molecule has 168 valence electrons. The minimum absolute atomic E-state index is 0.200. The summed E-state index contributed by atoms with van der Waals surface area (Å²) in [5.41, 5.74) is 5.60. The maximum atomic E-state index is 12.8. The van der Waals surface area contributed by atoms with Gasteiger partial charge in [0.15, 0.2) is 0 Å². The van der Waals surface area contributed by atoms with E-state index in [2.05, 4.69) is 67.1 Å². The molecule has 1 aliphatic rings. The SMILES string of the molecule is Cc1ccc(-c2nc(CSCC(=O)N3CCN(c4cccc(C)c4)[C@@H](C)C3)c(C)o2)cc1. The standard InChI is InChI=1S/C26H31N3O2S/c1-18-8-10-22(11-9-18)26-27-24(21(4)31-26)16-32-17-25(30)28-12-13-29(20(3)15-28)23-7-5-6-19(2)14-23/h5-11,14,20H,12-13,15-17H2,1-4H3/t20-/m0/s1. The summed E-state index contributed by atoms with van der Waals surface area (Å²) in [6.45, 7) is 10.7. The van der Waals surface area contributed by atoms with Crippen LogP contribution in [0.1, 0.15) is 29.5 Å². The fraction of sp³-hybridized carbons (Fsp3) is 0.385. The Morgan fingerprint density at radius 3 is 2.59 bits per heavy atom. The molecule has 0 unspecified atom stereocenters. The number of oxazole rings is 1. The van der Waals surface area contributed by atoms with Crippen molar-refractivity contribution < 1.29 is 9.21 Å². The smallest absolute Gasteiger partial charge is 0.232 e. The largest absolute Gasteiger partial charge is 0.441 e. The predicted octanol–water partition coefficient (Wildman–Crippen LogP) is 5.24. The van der Waals surface area contributed by atoms with Crippen LogP contribution in [-0.2, 0) is 10.5 Å². The number of amides is 1. The molecule has 1 fully saturated rings. The topological polar surface area (TPSA) is 49.6 Å². The lowest BCUT2D eigenvalue weighted by Gasteiger charge is -2.41. The Morgan fingerprint density at radius 1 is 1.09 bits per heavy atom. The second kappa shape index (κ2) is 9.82. The van der Waals surface area contributed by atoms with Gasteiger partial charge in [-0.25, -0.2) is 4.98 Å². The Bertz CT molecular complexity index is 1080. The molecule has 6 heteroatoms. The number of aromatic nitrogens is 1. The molecule has 1 amide bonds. The molecular formula is C26H31N3O2S. The number of piperazine rings is 1. The van der Waals surface area contributed by atoms with E-state index >= 15 is 0 Å². The van der Waals surface area contributed by atoms with Gasteiger partial charge in [0.1, 0.15) is 5.76 Å². The summed E-state index contributed by atoms with van der Waals surface area (Å²) in [6.07, 6.45) is 0. The summed E-state index contributed by atoms with van der Waals surface area (Å²) in [4.78, 5) is 21.9. The van der Waals surface area contributed by atoms with Gasteiger partial charge in [-0.3, -0.25) is 4.79 Å². The van der Waals surface area contributed by atoms with Gasteiger partial charge in [0.2, 0.25) is 11.8 Å². The first-order valence-electron chi connectivity index (χ1n) is 11.1. The molecular weight excluding hydrogens is 418 g/mol. The van der Waals surface area contributed by atoms with Crippen LogP contribution >= 0.6 is 11.8 Å². The highest BCUT2D eigenvalue weighted by atomic mass is 32.2. The van der Waals surface area contributed by atoms with Gasteiger partial charge >= 0.3 is 0 Å². The fourth-order valence-corrected chi connectivity index (χ4v) is 5.00. The molecule has 1 aromatic heterocycles. The zero-order valence-corrected chi connectivity index (χ0v) is 20.1. The van der Waals surface area contributed by atoms with Crippen LogP contribution < -0.4 is 4.90 Å². The van der Waals surface area contributed by atoms with E-state index in [4.69, 9.17) is 4.42 Å². The number of hydrogen-bond donors (Lipinski definition) is 0. The summed E-state index contributed by atoms with van der Waals surface area (Å²) in [5.74, 6) is 2.80. The highest BCUT2D eigenvalue weighted by Gasteiger charge is 2.27. The van der Waals surface area contributed by atoms with Crippen molar-refractivity contribution in [1.82, 2.24) is 9.88 Å². The molecule has 2 aromatic carbocycles. The van der Waals surface area contributed by atoms with Gasteiger partial charge in [-0.05, 0) is 57.5 Å². The van der Waals surface area contributed by atoms with Crippen LogP contribution in [0.4, 0.5) is 5.69 Å². The zero-order valence-electron chi connectivity index (χ0n) is 19.3. The van der Waals surface area contributed by atoms with Crippen molar-refractivity contribution in [3.8, 4) is 11.5 Å². The van der Waals surface area contributed by atoms with Gasteiger partial charge in [0.05, 0.1) is 11.4 Å². The van der Waals surface area contributed by atoms with Crippen molar-refractivity contribution in [2.24, 2.45) is 0 Å². The van der Waals surface area contributed by atoms with Crippen LogP contribution in [0.25, 0.3) is 11.5 Å². The summed E-state index contributed by atoms with van der Waals surface area (Å²) in [6, 6.07) is 17.1. The van der Waals surface area contributed by atoms with E-state index in [0.29, 0.717) is 23.4 Å². The lowest BCUT2D eigenvalue weighted by Crippen LogP contribution is -2.54. The van der Waals surface area contributed by atoms with Crippen LogP contribution in [0.5, 0.6) is 0 Å². The number of anilines is 1. The first-order valence-corrected chi connectivity index (χ1v) is 12.3. The van der Waals surface area contributed by atoms with E-state index in [1.54, 1.807) is 11.8 Å². The molecule has 2 heterocycles. The molecule has 1 saturated heterocycles.